The van der Waals surface area contributed by atoms with Gasteiger partial charge in [0, 0.05) is 20.6 Å². The summed E-state index contributed by atoms with van der Waals surface area (Å²) >= 11 is 0. The van der Waals surface area contributed by atoms with E-state index < -0.39 is 21.6 Å². The predicted octanol–water partition coefficient (Wildman–Crippen LogP) is 0.664. The molecule has 106 valence electrons. The lowest BCUT2D eigenvalue weighted by molar-refractivity contribution is -0.151. The van der Waals surface area contributed by atoms with E-state index in [0.29, 0.717) is 18.8 Å². The average molecular weight is 278 g/mol. The minimum atomic E-state index is -3.56. The van der Waals surface area contributed by atoms with Crippen molar-refractivity contribution in [2.75, 3.05) is 20.6 Å². The summed E-state index contributed by atoms with van der Waals surface area (Å²) in [4.78, 5) is 11.4. The Kier molecular flexibility index (Phi) is 4.74. The van der Waals surface area contributed by atoms with Crippen LogP contribution < -0.4 is 4.72 Å². The summed E-state index contributed by atoms with van der Waals surface area (Å²) in [6.07, 6.45) is 2.71. The van der Waals surface area contributed by atoms with E-state index >= 15 is 0 Å². The molecule has 1 fully saturated rings. The summed E-state index contributed by atoms with van der Waals surface area (Å²) in [6.45, 7) is 2.06. The predicted molar refractivity (Wildman–Crippen MR) is 68.3 cm³/mol. The topological polar surface area (TPSA) is 86.7 Å². The van der Waals surface area contributed by atoms with Crippen molar-refractivity contribution in [3.05, 3.63) is 0 Å². The molecule has 0 spiro atoms. The summed E-state index contributed by atoms with van der Waals surface area (Å²) in [7, 11) is -0.732. The third kappa shape index (κ3) is 3.43. The highest BCUT2D eigenvalue weighted by Gasteiger charge is 2.42. The summed E-state index contributed by atoms with van der Waals surface area (Å²) in [5.74, 6) is -0.390. The molecule has 1 rings (SSSR count). The molecule has 6 nitrogen and oxygen atoms in total. The molecular formula is C11H22N2O4S. The van der Waals surface area contributed by atoms with E-state index in [0.717, 1.165) is 17.1 Å². The highest BCUT2D eigenvalue weighted by atomic mass is 32.2. The lowest BCUT2D eigenvalue weighted by atomic mass is 9.71. The molecule has 1 aliphatic rings. The highest BCUT2D eigenvalue weighted by molar-refractivity contribution is 7.87. The monoisotopic (exact) mass is 278 g/mol. The van der Waals surface area contributed by atoms with Crippen LogP contribution >= 0.6 is 0 Å². The lowest BCUT2D eigenvalue weighted by Gasteiger charge is -2.36. The number of aliphatic carboxylic acids is 1. The van der Waals surface area contributed by atoms with E-state index in [1.54, 1.807) is 0 Å². The first-order valence-corrected chi connectivity index (χ1v) is 7.54. The standard InChI is InChI=1S/C11H22N2O4S/c1-9-4-6-11(7-5-9,10(14)15)8-12-18(16,17)13(2)3/h9,12H,4-8H2,1-3H3,(H,14,15). The lowest BCUT2D eigenvalue weighted by Crippen LogP contribution is -2.47. The Morgan fingerprint density at radius 1 is 1.39 bits per heavy atom. The van der Waals surface area contributed by atoms with Crippen LogP contribution in [0.5, 0.6) is 0 Å². The van der Waals surface area contributed by atoms with Gasteiger partial charge in [-0.1, -0.05) is 6.92 Å². The summed E-state index contributed by atoms with van der Waals surface area (Å²) in [5, 5.41) is 9.36. The summed E-state index contributed by atoms with van der Waals surface area (Å²) in [6, 6.07) is 0. The second-order valence-electron chi connectivity index (χ2n) is 5.38. The van der Waals surface area contributed by atoms with Gasteiger partial charge in [0.05, 0.1) is 5.41 Å². The molecule has 0 heterocycles. The Balaban J connectivity index is 2.74. The molecule has 0 aromatic rings. The second-order valence-corrected chi connectivity index (χ2v) is 7.35. The van der Waals surface area contributed by atoms with Crippen LogP contribution in [0.4, 0.5) is 0 Å². The normalized spacial score (nSPS) is 29.4. The van der Waals surface area contributed by atoms with E-state index in [1.807, 2.05) is 0 Å². The van der Waals surface area contributed by atoms with Crippen LogP contribution in [0.1, 0.15) is 32.6 Å². The van der Waals surface area contributed by atoms with Crippen LogP contribution in [0.15, 0.2) is 0 Å². The van der Waals surface area contributed by atoms with Crippen molar-refractivity contribution in [3.63, 3.8) is 0 Å². The van der Waals surface area contributed by atoms with Gasteiger partial charge in [0.2, 0.25) is 0 Å². The molecule has 0 aliphatic heterocycles. The zero-order valence-corrected chi connectivity index (χ0v) is 12.0. The number of carboxylic acid groups (broad SMARTS) is 1. The quantitative estimate of drug-likeness (QED) is 0.773. The molecule has 1 aliphatic carbocycles. The summed E-state index contributed by atoms with van der Waals surface area (Å²) in [5.41, 5.74) is -0.949. The van der Waals surface area contributed by atoms with E-state index in [2.05, 4.69) is 11.6 Å². The molecule has 0 radical (unpaired) electrons. The van der Waals surface area contributed by atoms with Gasteiger partial charge in [0.1, 0.15) is 0 Å². The van der Waals surface area contributed by atoms with E-state index in [9.17, 15) is 18.3 Å². The van der Waals surface area contributed by atoms with Gasteiger partial charge < -0.3 is 5.11 Å². The SMILES string of the molecule is CC1CCC(CNS(=O)(=O)N(C)C)(C(=O)O)CC1. The fourth-order valence-electron chi connectivity index (χ4n) is 2.14. The highest BCUT2D eigenvalue weighted by Crippen LogP contribution is 2.38. The van der Waals surface area contributed by atoms with Crippen LogP contribution in [-0.2, 0) is 15.0 Å². The third-order valence-corrected chi connectivity index (χ3v) is 5.23. The molecule has 0 amide bonds. The van der Waals surface area contributed by atoms with Gasteiger partial charge in [-0.25, -0.2) is 4.72 Å². The minimum Gasteiger partial charge on any atom is -0.481 e. The van der Waals surface area contributed by atoms with Crippen molar-refractivity contribution in [1.29, 1.82) is 0 Å². The molecule has 0 aromatic heterocycles. The van der Waals surface area contributed by atoms with Crippen LogP contribution in [0.25, 0.3) is 0 Å². The third-order valence-electron chi connectivity index (χ3n) is 3.76. The van der Waals surface area contributed by atoms with Gasteiger partial charge in [-0.3, -0.25) is 4.79 Å². The van der Waals surface area contributed by atoms with Crippen molar-refractivity contribution in [2.24, 2.45) is 11.3 Å². The molecule has 7 heteroatoms. The maximum atomic E-state index is 11.6. The van der Waals surface area contributed by atoms with Crippen molar-refractivity contribution >= 4 is 16.2 Å². The molecule has 0 unspecified atom stereocenters. The first-order chi connectivity index (χ1) is 8.19. The Bertz CT molecular complexity index is 397. The molecule has 0 atom stereocenters. The number of rotatable bonds is 5. The van der Waals surface area contributed by atoms with E-state index in [4.69, 9.17) is 0 Å². The van der Waals surface area contributed by atoms with Crippen molar-refractivity contribution in [2.45, 2.75) is 32.6 Å². The van der Waals surface area contributed by atoms with Gasteiger partial charge in [-0.05, 0) is 31.6 Å². The zero-order valence-electron chi connectivity index (χ0n) is 11.1. The first-order valence-electron chi connectivity index (χ1n) is 6.10. The fraction of sp³-hybridized carbons (Fsp3) is 0.909. The number of carbonyl (C=O) groups is 1. The molecule has 2 N–H and O–H groups in total. The number of carboxylic acids is 1. The Morgan fingerprint density at radius 2 is 1.89 bits per heavy atom. The fourth-order valence-corrected chi connectivity index (χ4v) is 2.86. The number of nitrogens with zero attached hydrogens (tertiary/aromatic N) is 1. The van der Waals surface area contributed by atoms with Crippen molar-refractivity contribution in [3.8, 4) is 0 Å². The number of nitrogens with one attached hydrogen (secondary N) is 1. The Hall–Kier alpha value is -0.660. The first kappa shape index (κ1) is 15.4. The Morgan fingerprint density at radius 3 is 2.28 bits per heavy atom. The molecular weight excluding hydrogens is 256 g/mol. The molecule has 0 bridgehead atoms. The van der Waals surface area contributed by atoms with Gasteiger partial charge in [-0.2, -0.15) is 12.7 Å². The molecule has 0 saturated heterocycles. The summed E-state index contributed by atoms with van der Waals surface area (Å²) < 4.78 is 26.7. The van der Waals surface area contributed by atoms with Crippen LogP contribution in [-0.4, -0.2) is 44.4 Å². The van der Waals surface area contributed by atoms with E-state index in [-0.39, 0.29) is 6.54 Å². The largest absolute Gasteiger partial charge is 0.481 e. The smallest absolute Gasteiger partial charge is 0.310 e. The van der Waals surface area contributed by atoms with Crippen LogP contribution in [0, 0.1) is 11.3 Å². The molecule has 18 heavy (non-hydrogen) atoms. The van der Waals surface area contributed by atoms with Gasteiger partial charge in [-0.15, -0.1) is 0 Å². The van der Waals surface area contributed by atoms with Gasteiger partial charge >= 0.3 is 5.97 Å². The van der Waals surface area contributed by atoms with Gasteiger partial charge in [0.25, 0.3) is 10.2 Å². The minimum absolute atomic E-state index is 0.0322. The number of hydrogen-bond acceptors (Lipinski definition) is 3. The van der Waals surface area contributed by atoms with Gasteiger partial charge in [0.15, 0.2) is 0 Å². The van der Waals surface area contributed by atoms with Crippen molar-refractivity contribution in [1.82, 2.24) is 9.03 Å². The van der Waals surface area contributed by atoms with Crippen LogP contribution in [0.2, 0.25) is 0 Å². The molecule has 0 aromatic carbocycles. The average Bonchev–Trinajstić information content (AvgIpc) is 2.28. The number of hydrogen-bond donors (Lipinski definition) is 2. The maximum absolute atomic E-state index is 11.6. The maximum Gasteiger partial charge on any atom is 0.310 e. The van der Waals surface area contributed by atoms with Crippen molar-refractivity contribution < 1.29 is 18.3 Å². The van der Waals surface area contributed by atoms with Crippen LogP contribution in [0.3, 0.4) is 0 Å². The zero-order chi connectivity index (χ0) is 14.0. The Labute approximate surface area is 109 Å². The second kappa shape index (κ2) is 5.54. The molecule has 1 saturated carbocycles. The van der Waals surface area contributed by atoms with E-state index in [1.165, 1.54) is 14.1 Å².